The molecule has 1 atom stereocenters. The Morgan fingerprint density at radius 3 is 2.65 bits per heavy atom. The van der Waals surface area contributed by atoms with Gasteiger partial charge >= 0.3 is 0 Å². The van der Waals surface area contributed by atoms with E-state index in [1.165, 1.54) is 10.5 Å². The van der Waals surface area contributed by atoms with Crippen LogP contribution in [-0.2, 0) is 11.3 Å². The van der Waals surface area contributed by atoms with E-state index >= 15 is 0 Å². The number of carbonyl (C=O) groups excluding carboxylic acids is 2. The van der Waals surface area contributed by atoms with E-state index in [9.17, 15) is 9.59 Å². The first-order chi connectivity index (χ1) is 15.1. The van der Waals surface area contributed by atoms with Crippen molar-refractivity contribution in [3.8, 4) is 0 Å². The van der Waals surface area contributed by atoms with Crippen molar-refractivity contribution in [3.63, 3.8) is 0 Å². The van der Waals surface area contributed by atoms with E-state index in [1.54, 1.807) is 29.8 Å². The minimum atomic E-state index is -0.0846. The quantitative estimate of drug-likeness (QED) is 0.390. The van der Waals surface area contributed by atoms with Crippen molar-refractivity contribution >= 4 is 35.3 Å². The predicted molar refractivity (Wildman–Crippen MR) is 125 cm³/mol. The maximum absolute atomic E-state index is 12.5. The molecule has 1 fully saturated rings. The standard InChI is InChI=1S/C24H24N2O3S2/c1-17-4-10-21(11-5-17)30-14-12-25-23(28)18-6-8-19(9-7-18)24-26(22(27)16-31-24)15-20-3-2-13-29-20/h2-11,13,24H,12,14-16H2,1H3,(H,25,28). The summed E-state index contributed by atoms with van der Waals surface area (Å²) in [6, 6.07) is 19.6. The molecule has 160 valence electrons. The van der Waals surface area contributed by atoms with Crippen molar-refractivity contribution in [1.82, 2.24) is 10.2 Å². The minimum Gasteiger partial charge on any atom is -0.467 e. The van der Waals surface area contributed by atoms with Gasteiger partial charge in [0.2, 0.25) is 5.91 Å². The van der Waals surface area contributed by atoms with Crippen LogP contribution in [0.25, 0.3) is 0 Å². The number of aryl methyl sites for hydroxylation is 1. The molecule has 1 unspecified atom stereocenters. The summed E-state index contributed by atoms with van der Waals surface area (Å²) >= 11 is 3.32. The highest BCUT2D eigenvalue weighted by Gasteiger charge is 2.33. The SMILES string of the molecule is Cc1ccc(SCCNC(=O)c2ccc(C3SCC(=O)N3Cc3ccco3)cc2)cc1. The summed E-state index contributed by atoms with van der Waals surface area (Å²) in [7, 11) is 0. The number of amides is 2. The Bertz CT molecular complexity index is 1020. The summed E-state index contributed by atoms with van der Waals surface area (Å²) in [6.45, 7) is 3.12. The average molecular weight is 453 g/mol. The van der Waals surface area contributed by atoms with Gasteiger partial charge in [0.25, 0.3) is 5.91 Å². The van der Waals surface area contributed by atoms with E-state index in [1.807, 2.05) is 41.3 Å². The van der Waals surface area contributed by atoms with Crippen LogP contribution < -0.4 is 5.32 Å². The lowest BCUT2D eigenvalue weighted by atomic mass is 10.1. The highest BCUT2D eigenvalue weighted by molar-refractivity contribution is 8.00. The predicted octanol–water partition coefficient (Wildman–Crippen LogP) is 4.88. The van der Waals surface area contributed by atoms with E-state index in [-0.39, 0.29) is 17.2 Å². The summed E-state index contributed by atoms with van der Waals surface area (Å²) in [5.41, 5.74) is 2.87. The molecule has 0 bridgehead atoms. The number of carbonyl (C=O) groups is 2. The van der Waals surface area contributed by atoms with Crippen molar-refractivity contribution in [2.75, 3.05) is 18.1 Å². The van der Waals surface area contributed by atoms with Crippen molar-refractivity contribution in [2.24, 2.45) is 0 Å². The van der Waals surface area contributed by atoms with Gasteiger partial charge in [-0.25, -0.2) is 0 Å². The summed E-state index contributed by atoms with van der Waals surface area (Å²) < 4.78 is 5.40. The van der Waals surface area contributed by atoms with Crippen molar-refractivity contribution in [3.05, 3.63) is 89.4 Å². The second-order valence-electron chi connectivity index (χ2n) is 7.30. The Balaban J connectivity index is 1.30. The zero-order valence-corrected chi connectivity index (χ0v) is 18.9. The zero-order valence-electron chi connectivity index (χ0n) is 17.2. The molecule has 1 aliphatic rings. The molecule has 0 aliphatic carbocycles. The van der Waals surface area contributed by atoms with Gasteiger partial charge in [-0.05, 0) is 48.9 Å². The third-order valence-corrected chi connectivity index (χ3v) is 7.28. The van der Waals surface area contributed by atoms with Crippen LogP contribution in [-0.4, -0.2) is 34.8 Å². The second kappa shape index (κ2) is 10.1. The lowest BCUT2D eigenvalue weighted by molar-refractivity contribution is -0.128. The van der Waals surface area contributed by atoms with Crippen LogP contribution in [0.1, 0.15) is 32.6 Å². The fourth-order valence-corrected chi connectivity index (χ4v) is 5.30. The van der Waals surface area contributed by atoms with E-state index < -0.39 is 0 Å². The van der Waals surface area contributed by atoms with E-state index in [0.29, 0.717) is 24.4 Å². The van der Waals surface area contributed by atoms with Gasteiger partial charge in [-0.3, -0.25) is 9.59 Å². The van der Waals surface area contributed by atoms with Crippen LogP contribution >= 0.6 is 23.5 Å². The Morgan fingerprint density at radius 1 is 1.16 bits per heavy atom. The molecule has 1 saturated heterocycles. The minimum absolute atomic E-state index is 0.0689. The molecule has 0 radical (unpaired) electrons. The van der Waals surface area contributed by atoms with Gasteiger partial charge in [-0.1, -0.05) is 29.8 Å². The molecule has 1 N–H and O–H groups in total. The molecule has 2 heterocycles. The maximum atomic E-state index is 12.5. The first-order valence-corrected chi connectivity index (χ1v) is 12.1. The van der Waals surface area contributed by atoms with Gasteiger partial charge in [0, 0.05) is 22.8 Å². The molecule has 4 rings (SSSR count). The van der Waals surface area contributed by atoms with Crippen LogP contribution in [0.2, 0.25) is 0 Å². The van der Waals surface area contributed by atoms with Gasteiger partial charge in [-0.15, -0.1) is 23.5 Å². The monoisotopic (exact) mass is 452 g/mol. The first-order valence-electron chi connectivity index (χ1n) is 10.1. The number of hydrogen-bond acceptors (Lipinski definition) is 5. The van der Waals surface area contributed by atoms with Gasteiger partial charge in [-0.2, -0.15) is 0 Å². The van der Waals surface area contributed by atoms with E-state index in [0.717, 1.165) is 17.1 Å². The van der Waals surface area contributed by atoms with Gasteiger partial charge in [0.15, 0.2) is 0 Å². The third-order valence-electron chi connectivity index (χ3n) is 5.01. The first kappa shape index (κ1) is 21.6. The van der Waals surface area contributed by atoms with Gasteiger partial charge < -0.3 is 14.6 Å². The topological polar surface area (TPSA) is 62.6 Å². The normalized spacial score (nSPS) is 16.0. The molecule has 31 heavy (non-hydrogen) atoms. The van der Waals surface area contributed by atoms with Gasteiger partial charge in [0.1, 0.15) is 11.1 Å². The molecular formula is C24H24N2O3S2. The third kappa shape index (κ3) is 5.54. The van der Waals surface area contributed by atoms with E-state index in [2.05, 4.69) is 36.5 Å². The largest absolute Gasteiger partial charge is 0.467 e. The summed E-state index contributed by atoms with van der Waals surface area (Å²) in [5.74, 6) is 2.04. The Kier molecular flexibility index (Phi) is 7.04. The summed E-state index contributed by atoms with van der Waals surface area (Å²) in [6.07, 6.45) is 1.62. The fourth-order valence-electron chi connectivity index (χ4n) is 3.34. The van der Waals surface area contributed by atoms with Crippen LogP contribution in [0.3, 0.4) is 0 Å². The Morgan fingerprint density at radius 2 is 1.94 bits per heavy atom. The molecule has 7 heteroatoms. The van der Waals surface area contributed by atoms with Crippen LogP contribution in [0, 0.1) is 6.92 Å². The number of benzene rings is 2. The van der Waals surface area contributed by atoms with Crippen LogP contribution in [0.15, 0.2) is 76.2 Å². The number of rotatable bonds is 8. The lowest BCUT2D eigenvalue weighted by Gasteiger charge is -2.23. The molecular weight excluding hydrogens is 428 g/mol. The molecule has 3 aromatic rings. The molecule has 5 nitrogen and oxygen atoms in total. The Labute approximate surface area is 190 Å². The average Bonchev–Trinajstić information content (AvgIpc) is 3.43. The second-order valence-corrected chi connectivity index (χ2v) is 9.54. The fraction of sp³-hybridized carbons (Fsp3) is 0.250. The highest BCUT2D eigenvalue weighted by atomic mass is 32.2. The molecule has 0 saturated carbocycles. The molecule has 1 aliphatic heterocycles. The lowest BCUT2D eigenvalue weighted by Crippen LogP contribution is -2.28. The van der Waals surface area contributed by atoms with Crippen LogP contribution in [0.5, 0.6) is 0 Å². The summed E-state index contributed by atoms with van der Waals surface area (Å²) in [5, 5.41) is 2.90. The zero-order chi connectivity index (χ0) is 21.6. The number of furan rings is 1. The molecule has 1 aromatic heterocycles. The number of nitrogens with one attached hydrogen (secondary N) is 1. The van der Waals surface area contributed by atoms with Gasteiger partial charge in [0.05, 0.1) is 18.6 Å². The number of nitrogens with zero attached hydrogens (tertiary/aromatic N) is 1. The number of thioether (sulfide) groups is 2. The maximum Gasteiger partial charge on any atom is 0.251 e. The van der Waals surface area contributed by atoms with Crippen LogP contribution in [0.4, 0.5) is 0 Å². The Hall–Kier alpha value is -2.64. The molecule has 2 aromatic carbocycles. The van der Waals surface area contributed by atoms with Crippen molar-refractivity contribution in [1.29, 1.82) is 0 Å². The van der Waals surface area contributed by atoms with Crippen molar-refractivity contribution < 1.29 is 14.0 Å². The van der Waals surface area contributed by atoms with Crippen molar-refractivity contribution in [2.45, 2.75) is 23.7 Å². The van der Waals surface area contributed by atoms with E-state index in [4.69, 9.17) is 4.42 Å². The highest BCUT2D eigenvalue weighted by Crippen LogP contribution is 2.39. The smallest absolute Gasteiger partial charge is 0.251 e. The summed E-state index contributed by atoms with van der Waals surface area (Å²) in [4.78, 5) is 27.8. The molecule has 0 spiro atoms. The number of hydrogen-bond donors (Lipinski definition) is 1. The molecule has 2 amide bonds.